The fourth-order valence-electron chi connectivity index (χ4n) is 3.90. The van der Waals surface area contributed by atoms with Gasteiger partial charge in [-0.1, -0.05) is 17.7 Å². The molecule has 0 bridgehead atoms. The SMILES string of the molecule is COC1CCCN(c2ccc(NS(=O)(=O)c3c(C)cc(C)cc3C)cc2)C1. The van der Waals surface area contributed by atoms with Gasteiger partial charge < -0.3 is 9.64 Å². The number of aryl methyl sites for hydroxylation is 3. The molecule has 2 aromatic rings. The van der Waals surface area contributed by atoms with Crippen LogP contribution in [0.15, 0.2) is 41.3 Å². The second-order valence-corrected chi connectivity index (χ2v) is 8.95. The predicted molar refractivity (Wildman–Crippen MR) is 110 cm³/mol. The molecule has 1 saturated heterocycles. The molecule has 6 heteroatoms. The molecule has 1 atom stereocenters. The molecule has 1 heterocycles. The van der Waals surface area contributed by atoms with Gasteiger partial charge in [-0.25, -0.2) is 8.42 Å². The fraction of sp³-hybridized carbons (Fsp3) is 0.429. The number of nitrogens with one attached hydrogen (secondary N) is 1. The van der Waals surface area contributed by atoms with Gasteiger partial charge in [0, 0.05) is 31.6 Å². The van der Waals surface area contributed by atoms with E-state index in [1.807, 2.05) is 57.2 Å². The average Bonchev–Trinajstić information content (AvgIpc) is 2.61. The molecule has 1 unspecified atom stereocenters. The summed E-state index contributed by atoms with van der Waals surface area (Å²) >= 11 is 0. The highest BCUT2D eigenvalue weighted by atomic mass is 32.2. The molecule has 1 aliphatic rings. The second-order valence-electron chi connectivity index (χ2n) is 7.33. The largest absolute Gasteiger partial charge is 0.380 e. The normalized spacial score (nSPS) is 17.8. The molecule has 0 saturated carbocycles. The number of piperidine rings is 1. The summed E-state index contributed by atoms with van der Waals surface area (Å²) in [6.07, 6.45) is 2.43. The minimum atomic E-state index is -3.63. The topological polar surface area (TPSA) is 58.6 Å². The maximum Gasteiger partial charge on any atom is 0.262 e. The third-order valence-corrected chi connectivity index (χ3v) is 6.76. The first-order chi connectivity index (χ1) is 12.8. The highest BCUT2D eigenvalue weighted by molar-refractivity contribution is 7.92. The van der Waals surface area contributed by atoms with Crippen LogP contribution < -0.4 is 9.62 Å². The maximum absolute atomic E-state index is 12.9. The van der Waals surface area contributed by atoms with Gasteiger partial charge in [-0.15, -0.1) is 0 Å². The van der Waals surface area contributed by atoms with E-state index in [-0.39, 0.29) is 6.10 Å². The van der Waals surface area contributed by atoms with Gasteiger partial charge in [0.2, 0.25) is 0 Å². The van der Waals surface area contributed by atoms with Gasteiger partial charge in [-0.3, -0.25) is 4.72 Å². The first-order valence-corrected chi connectivity index (χ1v) is 10.8. The molecule has 0 amide bonds. The van der Waals surface area contributed by atoms with Gasteiger partial charge in [0.05, 0.1) is 11.0 Å². The zero-order chi connectivity index (χ0) is 19.6. The Balaban J connectivity index is 1.78. The Morgan fingerprint density at radius 1 is 1.07 bits per heavy atom. The molecular formula is C21H28N2O3S. The number of hydrogen-bond donors (Lipinski definition) is 1. The molecule has 0 aliphatic carbocycles. The summed E-state index contributed by atoms with van der Waals surface area (Å²) in [5.74, 6) is 0. The highest BCUT2D eigenvalue weighted by Crippen LogP contribution is 2.26. The molecule has 3 rings (SSSR count). The van der Waals surface area contributed by atoms with Crippen molar-refractivity contribution in [2.24, 2.45) is 0 Å². The predicted octanol–water partition coefficient (Wildman–Crippen LogP) is 4.03. The van der Waals surface area contributed by atoms with Crippen LogP contribution >= 0.6 is 0 Å². The van der Waals surface area contributed by atoms with E-state index in [0.29, 0.717) is 10.6 Å². The zero-order valence-electron chi connectivity index (χ0n) is 16.5. The molecule has 0 spiro atoms. The number of rotatable bonds is 5. The standard InChI is InChI=1S/C21H28N2O3S/c1-15-12-16(2)21(17(3)13-15)27(24,25)22-18-7-9-19(10-8-18)23-11-5-6-20(14-23)26-4/h7-10,12-13,20,22H,5-6,11,14H2,1-4H3. The first kappa shape index (κ1) is 19.7. The first-order valence-electron chi connectivity index (χ1n) is 9.28. The summed E-state index contributed by atoms with van der Waals surface area (Å²) in [4.78, 5) is 2.64. The van der Waals surface area contributed by atoms with Crippen molar-refractivity contribution >= 4 is 21.4 Å². The van der Waals surface area contributed by atoms with Crippen LogP contribution in [0.3, 0.4) is 0 Å². The Morgan fingerprint density at radius 3 is 2.30 bits per heavy atom. The molecular weight excluding hydrogens is 360 g/mol. The fourth-order valence-corrected chi connectivity index (χ4v) is 5.42. The smallest absolute Gasteiger partial charge is 0.262 e. The van der Waals surface area contributed by atoms with Crippen LogP contribution in [0.5, 0.6) is 0 Å². The van der Waals surface area contributed by atoms with Crippen molar-refractivity contribution in [2.75, 3.05) is 29.8 Å². The van der Waals surface area contributed by atoms with E-state index in [2.05, 4.69) is 9.62 Å². The molecule has 0 aromatic heterocycles. The van der Waals surface area contributed by atoms with Crippen LogP contribution in [0.25, 0.3) is 0 Å². The van der Waals surface area contributed by atoms with Crippen molar-refractivity contribution in [3.05, 3.63) is 53.1 Å². The molecule has 146 valence electrons. The maximum atomic E-state index is 12.9. The molecule has 1 N–H and O–H groups in total. The monoisotopic (exact) mass is 388 g/mol. The van der Waals surface area contributed by atoms with Crippen LogP contribution in [0.2, 0.25) is 0 Å². The summed E-state index contributed by atoms with van der Waals surface area (Å²) in [5.41, 5.74) is 4.23. The van der Waals surface area contributed by atoms with Crippen LogP contribution in [0.1, 0.15) is 29.5 Å². The Bertz CT molecular complexity index is 885. The van der Waals surface area contributed by atoms with E-state index in [1.165, 1.54) is 0 Å². The summed E-state index contributed by atoms with van der Waals surface area (Å²) in [7, 11) is -1.87. The molecule has 1 fully saturated rings. The average molecular weight is 389 g/mol. The molecule has 5 nitrogen and oxygen atoms in total. The number of nitrogens with zero attached hydrogens (tertiary/aromatic N) is 1. The lowest BCUT2D eigenvalue weighted by molar-refractivity contribution is 0.0893. The van der Waals surface area contributed by atoms with Crippen molar-refractivity contribution in [1.29, 1.82) is 0 Å². The summed E-state index contributed by atoms with van der Waals surface area (Å²) in [5, 5.41) is 0. The van der Waals surface area contributed by atoms with Crippen molar-refractivity contribution < 1.29 is 13.2 Å². The minimum Gasteiger partial charge on any atom is -0.380 e. The van der Waals surface area contributed by atoms with E-state index in [4.69, 9.17) is 4.74 Å². The summed E-state index contributed by atoms with van der Waals surface area (Å²) in [6, 6.07) is 11.4. The number of hydrogen-bond acceptors (Lipinski definition) is 4. The van der Waals surface area contributed by atoms with Crippen molar-refractivity contribution in [1.82, 2.24) is 0 Å². The lowest BCUT2D eigenvalue weighted by atomic mass is 10.1. The Labute approximate surface area is 162 Å². The molecule has 2 aromatic carbocycles. The molecule has 27 heavy (non-hydrogen) atoms. The molecule has 0 radical (unpaired) electrons. The van der Waals surface area contributed by atoms with Crippen molar-refractivity contribution in [3.63, 3.8) is 0 Å². The van der Waals surface area contributed by atoms with Crippen LogP contribution in [-0.2, 0) is 14.8 Å². The van der Waals surface area contributed by atoms with E-state index >= 15 is 0 Å². The highest BCUT2D eigenvalue weighted by Gasteiger charge is 2.21. The number of methoxy groups -OCH3 is 1. The van der Waals surface area contributed by atoms with Gasteiger partial charge in [0.15, 0.2) is 0 Å². The van der Waals surface area contributed by atoms with Gasteiger partial charge in [-0.05, 0) is 69.0 Å². The zero-order valence-corrected chi connectivity index (χ0v) is 17.3. The third kappa shape index (κ3) is 4.45. The van der Waals surface area contributed by atoms with Crippen molar-refractivity contribution in [2.45, 2.75) is 44.6 Å². The lowest BCUT2D eigenvalue weighted by Gasteiger charge is -2.33. The van der Waals surface area contributed by atoms with E-state index in [1.54, 1.807) is 7.11 Å². The van der Waals surface area contributed by atoms with Crippen LogP contribution in [-0.4, -0.2) is 34.7 Å². The van der Waals surface area contributed by atoms with Gasteiger partial charge >= 0.3 is 0 Å². The second kappa shape index (κ2) is 7.90. The minimum absolute atomic E-state index is 0.254. The Kier molecular flexibility index (Phi) is 5.77. The Hall–Kier alpha value is -2.05. The number of benzene rings is 2. The number of sulfonamides is 1. The van der Waals surface area contributed by atoms with E-state index in [0.717, 1.165) is 48.3 Å². The van der Waals surface area contributed by atoms with Gasteiger partial charge in [0.25, 0.3) is 10.0 Å². The van der Waals surface area contributed by atoms with Gasteiger partial charge in [0.1, 0.15) is 0 Å². The van der Waals surface area contributed by atoms with Crippen LogP contribution in [0.4, 0.5) is 11.4 Å². The Morgan fingerprint density at radius 2 is 1.70 bits per heavy atom. The number of anilines is 2. The van der Waals surface area contributed by atoms with Crippen molar-refractivity contribution in [3.8, 4) is 0 Å². The summed E-state index contributed by atoms with van der Waals surface area (Å²) in [6.45, 7) is 7.49. The van der Waals surface area contributed by atoms with Crippen LogP contribution in [0, 0.1) is 20.8 Å². The van der Waals surface area contributed by atoms with Gasteiger partial charge in [-0.2, -0.15) is 0 Å². The third-order valence-electron chi connectivity index (χ3n) is 5.07. The quantitative estimate of drug-likeness (QED) is 0.840. The lowest BCUT2D eigenvalue weighted by Crippen LogP contribution is -2.39. The van der Waals surface area contributed by atoms with E-state index < -0.39 is 10.0 Å². The summed E-state index contributed by atoms with van der Waals surface area (Å²) < 4.78 is 34.0. The molecule has 1 aliphatic heterocycles. The van der Waals surface area contributed by atoms with E-state index in [9.17, 15) is 8.42 Å². The number of ether oxygens (including phenoxy) is 1.